The van der Waals surface area contributed by atoms with Crippen molar-refractivity contribution in [2.75, 3.05) is 0 Å². The lowest BCUT2D eigenvalue weighted by atomic mass is 9.83. The van der Waals surface area contributed by atoms with Gasteiger partial charge in [-0.25, -0.2) is 0 Å². The van der Waals surface area contributed by atoms with Gasteiger partial charge < -0.3 is 15.2 Å². The van der Waals surface area contributed by atoms with Gasteiger partial charge in [-0.3, -0.25) is 0 Å². The number of carbonyl (C=O) groups excluding carboxylic acids is 1. The van der Waals surface area contributed by atoms with Crippen LogP contribution in [0.25, 0.3) is 0 Å². The van der Waals surface area contributed by atoms with E-state index in [2.05, 4.69) is 11.2 Å². The third kappa shape index (κ3) is 2.61. The van der Waals surface area contributed by atoms with Gasteiger partial charge in [0.15, 0.2) is 5.54 Å². The first-order valence-electron chi connectivity index (χ1n) is 5.87. The van der Waals surface area contributed by atoms with Crippen LogP contribution in [-0.4, -0.2) is 6.09 Å². The van der Waals surface area contributed by atoms with Crippen LogP contribution in [0.3, 0.4) is 0 Å². The topological polar surface area (TPSA) is 52.2 Å². The van der Waals surface area contributed by atoms with Crippen LogP contribution in [-0.2, 0) is 5.54 Å². The molecule has 1 N–H and O–H groups in total. The van der Waals surface area contributed by atoms with Crippen LogP contribution in [0.2, 0.25) is 5.02 Å². The Kier molecular flexibility index (Phi) is 3.97. The molecule has 0 heterocycles. The number of carboxylic acid groups (broad SMARTS) is 1. The van der Waals surface area contributed by atoms with Crippen molar-refractivity contribution in [1.82, 2.24) is 5.32 Å². The number of carbonyl (C=O) groups is 1. The molecule has 1 amide bonds. The predicted octanol–water partition coefficient (Wildman–Crippen LogP) is 2.15. The number of benzene rings is 2. The Morgan fingerprint density at radius 1 is 1.10 bits per heavy atom. The fourth-order valence-electron chi connectivity index (χ4n) is 2.05. The second kappa shape index (κ2) is 5.68. The Morgan fingerprint density at radius 2 is 1.65 bits per heavy atom. The highest BCUT2D eigenvalue weighted by atomic mass is 35.5. The van der Waals surface area contributed by atoms with Gasteiger partial charge in [-0.15, -0.1) is 6.42 Å². The number of amides is 1. The van der Waals surface area contributed by atoms with Crippen LogP contribution in [0.4, 0.5) is 4.79 Å². The molecule has 2 aromatic carbocycles. The number of hydrogen-bond donors (Lipinski definition) is 1. The van der Waals surface area contributed by atoms with Crippen LogP contribution in [0.15, 0.2) is 54.6 Å². The van der Waals surface area contributed by atoms with Crippen molar-refractivity contribution in [3.63, 3.8) is 0 Å². The van der Waals surface area contributed by atoms with E-state index in [1.165, 1.54) is 0 Å². The third-order valence-electron chi connectivity index (χ3n) is 2.99. The van der Waals surface area contributed by atoms with Crippen molar-refractivity contribution in [2.45, 2.75) is 5.54 Å². The van der Waals surface area contributed by atoms with Gasteiger partial charge in [-0.1, -0.05) is 60.0 Å². The summed E-state index contributed by atoms with van der Waals surface area (Å²) in [5.74, 6) is 2.52. The van der Waals surface area contributed by atoms with Crippen molar-refractivity contribution in [2.24, 2.45) is 0 Å². The van der Waals surface area contributed by atoms with E-state index >= 15 is 0 Å². The van der Waals surface area contributed by atoms with Gasteiger partial charge in [0.1, 0.15) is 6.09 Å². The Balaban J connectivity index is 2.63. The number of rotatable bonds is 3. The maximum absolute atomic E-state index is 11.0. The molecular formula is C16H11ClNO2-. The lowest BCUT2D eigenvalue weighted by Crippen LogP contribution is -2.51. The molecule has 0 spiro atoms. The third-order valence-corrected chi connectivity index (χ3v) is 3.24. The van der Waals surface area contributed by atoms with Crippen molar-refractivity contribution in [3.05, 3.63) is 70.7 Å². The Labute approximate surface area is 122 Å². The van der Waals surface area contributed by atoms with E-state index in [9.17, 15) is 9.90 Å². The quantitative estimate of drug-likeness (QED) is 0.878. The van der Waals surface area contributed by atoms with Crippen LogP contribution in [0.5, 0.6) is 0 Å². The van der Waals surface area contributed by atoms with Crippen LogP contribution in [0, 0.1) is 12.3 Å². The van der Waals surface area contributed by atoms with Crippen molar-refractivity contribution >= 4 is 17.7 Å². The average Bonchev–Trinajstić information content (AvgIpc) is 2.46. The minimum absolute atomic E-state index is 0.543. The number of hydrogen-bond acceptors (Lipinski definition) is 2. The lowest BCUT2D eigenvalue weighted by molar-refractivity contribution is -0.252. The summed E-state index contributed by atoms with van der Waals surface area (Å²) in [5.41, 5.74) is -0.0705. The van der Waals surface area contributed by atoms with E-state index in [1.54, 1.807) is 48.5 Å². The maximum Gasteiger partial charge on any atom is 0.151 e. The monoisotopic (exact) mass is 284 g/mol. The summed E-state index contributed by atoms with van der Waals surface area (Å²) in [7, 11) is 0. The standard InChI is InChI=1S/C16H12ClNO2/c1-2-16(18-15(19)20,12-6-4-3-5-7-12)13-8-10-14(17)11-9-13/h1,3-11,18H,(H,19,20)/p-1. The van der Waals surface area contributed by atoms with Crippen molar-refractivity contribution < 1.29 is 9.90 Å². The first kappa shape index (κ1) is 14.0. The molecule has 1 atom stereocenters. The zero-order chi connectivity index (χ0) is 14.6. The molecule has 0 bridgehead atoms. The molecule has 4 heteroatoms. The van der Waals surface area contributed by atoms with Crippen LogP contribution in [0.1, 0.15) is 11.1 Å². The number of terminal acetylenes is 1. The SMILES string of the molecule is C#CC(NC(=O)[O-])(c1ccccc1)c1ccc(Cl)cc1. The molecule has 3 nitrogen and oxygen atoms in total. The molecule has 0 saturated carbocycles. The highest BCUT2D eigenvalue weighted by Gasteiger charge is 2.32. The van der Waals surface area contributed by atoms with Crippen molar-refractivity contribution in [1.29, 1.82) is 0 Å². The van der Waals surface area contributed by atoms with Crippen LogP contribution < -0.4 is 10.4 Å². The molecule has 2 aromatic rings. The molecule has 0 aliphatic rings. The molecule has 0 radical (unpaired) electrons. The summed E-state index contributed by atoms with van der Waals surface area (Å²) in [4.78, 5) is 11.0. The maximum atomic E-state index is 11.0. The molecule has 0 saturated heterocycles. The molecule has 2 rings (SSSR count). The predicted molar refractivity (Wildman–Crippen MR) is 76.0 cm³/mol. The minimum Gasteiger partial charge on any atom is -0.530 e. The summed E-state index contributed by atoms with van der Waals surface area (Å²) >= 11 is 5.86. The highest BCUT2D eigenvalue weighted by molar-refractivity contribution is 6.30. The molecule has 0 fully saturated rings. The Morgan fingerprint density at radius 3 is 2.15 bits per heavy atom. The molecule has 1 unspecified atom stereocenters. The molecule has 100 valence electrons. The first-order chi connectivity index (χ1) is 9.58. The van der Waals surface area contributed by atoms with Gasteiger partial charge >= 0.3 is 0 Å². The summed E-state index contributed by atoms with van der Waals surface area (Å²) in [5, 5.41) is 13.9. The van der Waals surface area contributed by atoms with Gasteiger partial charge in [0.25, 0.3) is 0 Å². The molecule has 20 heavy (non-hydrogen) atoms. The van der Waals surface area contributed by atoms with Gasteiger partial charge in [0, 0.05) is 5.02 Å². The molecule has 0 aliphatic heterocycles. The van der Waals surface area contributed by atoms with Gasteiger partial charge in [0.2, 0.25) is 0 Å². The van der Waals surface area contributed by atoms with E-state index < -0.39 is 11.6 Å². The Bertz CT molecular complexity index is 646. The Hall–Kier alpha value is -2.44. The largest absolute Gasteiger partial charge is 0.530 e. The normalized spacial score (nSPS) is 13.0. The summed E-state index contributed by atoms with van der Waals surface area (Å²) in [6.07, 6.45) is 4.18. The zero-order valence-corrected chi connectivity index (χ0v) is 11.2. The summed E-state index contributed by atoms with van der Waals surface area (Å²) in [6, 6.07) is 15.6. The fourth-order valence-corrected chi connectivity index (χ4v) is 2.18. The number of nitrogens with one attached hydrogen (secondary N) is 1. The van der Waals surface area contributed by atoms with Gasteiger partial charge in [-0.05, 0) is 23.3 Å². The van der Waals surface area contributed by atoms with Gasteiger partial charge in [-0.2, -0.15) is 0 Å². The first-order valence-corrected chi connectivity index (χ1v) is 6.25. The second-order valence-electron chi connectivity index (χ2n) is 4.18. The summed E-state index contributed by atoms with van der Waals surface area (Å²) < 4.78 is 0. The molecule has 0 aromatic heterocycles. The second-order valence-corrected chi connectivity index (χ2v) is 4.62. The zero-order valence-electron chi connectivity index (χ0n) is 10.5. The number of halogens is 1. The lowest BCUT2D eigenvalue weighted by Gasteiger charge is -2.32. The van der Waals surface area contributed by atoms with E-state index in [4.69, 9.17) is 18.0 Å². The van der Waals surface area contributed by atoms with E-state index in [1.807, 2.05) is 6.07 Å². The van der Waals surface area contributed by atoms with E-state index in [0.717, 1.165) is 0 Å². The van der Waals surface area contributed by atoms with Crippen LogP contribution >= 0.6 is 11.6 Å². The minimum atomic E-state index is -1.44. The molecule has 0 aliphatic carbocycles. The van der Waals surface area contributed by atoms with Crippen molar-refractivity contribution in [3.8, 4) is 12.3 Å². The fraction of sp³-hybridized carbons (Fsp3) is 0.0625. The average molecular weight is 285 g/mol. The highest BCUT2D eigenvalue weighted by Crippen LogP contribution is 2.29. The molecular weight excluding hydrogens is 274 g/mol. The van der Waals surface area contributed by atoms with Gasteiger partial charge in [0.05, 0.1) is 0 Å². The van der Waals surface area contributed by atoms with E-state index in [-0.39, 0.29) is 0 Å². The smallest absolute Gasteiger partial charge is 0.151 e. The summed E-state index contributed by atoms with van der Waals surface area (Å²) in [6.45, 7) is 0. The van der Waals surface area contributed by atoms with E-state index in [0.29, 0.717) is 16.1 Å².